The summed E-state index contributed by atoms with van der Waals surface area (Å²) in [7, 11) is 0. The molecule has 72 valence electrons. The minimum Gasteiger partial charge on any atom is -0.447 e. The topological polar surface area (TPSA) is 29.3 Å². The van der Waals surface area contributed by atoms with Crippen LogP contribution in [0.5, 0.6) is 0 Å². The highest BCUT2D eigenvalue weighted by molar-refractivity contribution is 4.95. The van der Waals surface area contributed by atoms with Gasteiger partial charge in [-0.1, -0.05) is 0 Å². The van der Waals surface area contributed by atoms with Crippen molar-refractivity contribution in [3.8, 4) is 0 Å². The van der Waals surface area contributed by atoms with E-state index in [1.165, 1.54) is 19.4 Å². The number of aromatic nitrogens is 1. The first-order chi connectivity index (χ1) is 6.29. The molecule has 0 radical (unpaired) electrons. The van der Waals surface area contributed by atoms with Crippen molar-refractivity contribution in [3.05, 3.63) is 18.4 Å². The van der Waals surface area contributed by atoms with Crippen LogP contribution in [0.1, 0.15) is 38.6 Å². The van der Waals surface area contributed by atoms with Crippen LogP contribution in [0.4, 0.5) is 0 Å². The van der Waals surface area contributed by atoms with E-state index in [2.05, 4.69) is 23.7 Å². The van der Waals surface area contributed by atoms with Crippen LogP contribution in [0.15, 0.2) is 16.9 Å². The molecule has 1 aliphatic heterocycles. The average Bonchev–Trinajstić information content (AvgIpc) is 2.74. The third-order valence-electron chi connectivity index (χ3n) is 2.69. The zero-order valence-corrected chi connectivity index (χ0v) is 8.23. The summed E-state index contributed by atoms with van der Waals surface area (Å²) < 4.78 is 5.35. The minimum atomic E-state index is 0.412. The summed E-state index contributed by atoms with van der Waals surface area (Å²) in [5.74, 6) is 0.881. The van der Waals surface area contributed by atoms with E-state index in [0.717, 1.165) is 5.89 Å². The van der Waals surface area contributed by atoms with Gasteiger partial charge in [0, 0.05) is 6.04 Å². The molecule has 1 fully saturated rings. The first-order valence-electron chi connectivity index (χ1n) is 4.94. The molecule has 0 aromatic carbocycles. The predicted molar refractivity (Wildman–Crippen MR) is 50.3 cm³/mol. The van der Waals surface area contributed by atoms with E-state index in [4.69, 9.17) is 4.42 Å². The first kappa shape index (κ1) is 8.75. The van der Waals surface area contributed by atoms with Crippen molar-refractivity contribution in [2.75, 3.05) is 6.54 Å². The standard InChI is InChI=1S/C10H16N2O/c1-8(2)12-6-3-4-9(12)10-11-5-7-13-10/h5,7-9H,3-4,6H2,1-2H3/t9-/m0/s1. The van der Waals surface area contributed by atoms with Crippen LogP contribution in [-0.2, 0) is 0 Å². The lowest BCUT2D eigenvalue weighted by atomic mass is 10.2. The summed E-state index contributed by atoms with van der Waals surface area (Å²) in [5, 5.41) is 0. The van der Waals surface area contributed by atoms with Crippen LogP contribution in [0.25, 0.3) is 0 Å². The van der Waals surface area contributed by atoms with Crippen molar-refractivity contribution >= 4 is 0 Å². The molecular formula is C10H16N2O. The van der Waals surface area contributed by atoms with Crippen LogP contribution >= 0.6 is 0 Å². The second kappa shape index (κ2) is 3.50. The normalized spacial score (nSPS) is 24.4. The first-order valence-corrected chi connectivity index (χ1v) is 4.94. The van der Waals surface area contributed by atoms with E-state index in [0.29, 0.717) is 12.1 Å². The van der Waals surface area contributed by atoms with Crippen LogP contribution < -0.4 is 0 Å². The molecule has 0 N–H and O–H groups in total. The van der Waals surface area contributed by atoms with E-state index in [9.17, 15) is 0 Å². The van der Waals surface area contributed by atoms with E-state index in [1.807, 2.05) is 0 Å². The Hall–Kier alpha value is -0.830. The molecule has 1 aromatic heterocycles. The SMILES string of the molecule is CC(C)N1CCC[C@H]1c1ncco1. The zero-order chi connectivity index (χ0) is 9.26. The molecule has 0 unspecified atom stereocenters. The summed E-state index contributed by atoms with van der Waals surface area (Å²) in [6, 6.07) is 0.995. The Kier molecular flexibility index (Phi) is 2.36. The monoisotopic (exact) mass is 180 g/mol. The molecule has 1 saturated heterocycles. The average molecular weight is 180 g/mol. The molecule has 2 rings (SSSR count). The smallest absolute Gasteiger partial charge is 0.211 e. The van der Waals surface area contributed by atoms with Gasteiger partial charge in [0.05, 0.1) is 12.2 Å². The van der Waals surface area contributed by atoms with Gasteiger partial charge in [0.1, 0.15) is 6.26 Å². The number of hydrogen-bond donors (Lipinski definition) is 0. The molecule has 1 aromatic rings. The quantitative estimate of drug-likeness (QED) is 0.698. The summed E-state index contributed by atoms with van der Waals surface area (Å²) in [6.45, 7) is 5.62. The fraction of sp³-hybridized carbons (Fsp3) is 0.700. The van der Waals surface area contributed by atoms with Crippen LogP contribution in [0, 0.1) is 0 Å². The van der Waals surface area contributed by atoms with Crippen molar-refractivity contribution in [2.24, 2.45) is 0 Å². The van der Waals surface area contributed by atoms with Gasteiger partial charge in [-0.3, -0.25) is 4.90 Å². The van der Waals surface area contributed by atoms with Gasteiger partial charge in [-0.25, -0.2) is 4.98 Å². The lowest BCUT2D eigenvalue weighted by molar-refractivity contribution is 0.179. The highest BCUT2D eigenvalue weighted by Gasteiger charge is 2.30. The lowest BCUT2D eigenvalue weighted by Crippen LogP contribution is -2.30. The molecule has 2 heterocycles. The maximum atomic E-state index is 5.35. The highest BCUT2D eigenvalue weighted by atomic mass is 16.3. The maximum Gasteiger partial charge on any atom is 0.211 e. The van der Waals surface area contributed by atoms with Gasteiger partial charge in [-0.05, 0) is 33.2 Å². The minimum absolute atomic E-state index is 0.412. The van der Waals surface area contributed by atoms with Crippen LogP contribution in [0.3, 0.4) is 0 Å². The summed E-state index contributed by atoms with van der Waals surface area (Å²) in [4.78, 5) is 6.67. The molecule has 3 nitrogen and oxygen atoms in total. The lowest BCUT2D eigenvalue weighted by Gasteiger charge is -2.25. The van der Waals surface area contributed by atoms with Gasteiger partial charge >= 0.3 is 0 Å². The Balaban J connectivity index is 2.14. The molecular weight excluding hydrogens is 164 g/mol. The van der Waals surface area contributed by atoms with Gasteiger partial charge < -0.3 is 4.42 Å². The third kappa shape index (κ3) is 1.61. The second-order valence-corrected chi connectivity index (χ2v) is 3.86. The fourth-order valence-electron chi connectivity index (χ4n) is 2.07. The van der Waals surface area contributed by atoms with E-state index in [1.54, 1.807) is 12.5 Å². The van der Waals surface area contributed by atoms with Gasteiger partial charge in [0.15, 0.2) is 0 Å². The summed E-state index contributed by atoms with van der Waals surface area (Å²) in [5.41, 5.74) is 0. The number of nitrogens with zero attached hydrogens (tertiary/aromatic N) is 2. The number of hydrogen-bond acceptors (Lipinski definition) is 3. The molecule has 0 spiro atoms. The third-order valence-corrected chi connectivity index (χ3v) is 2.69. The van der Waals surface area contributed by atoms with E-state index < -0.39 is 0 Å². The van der Waals surface area contributed by atoms with Gasteiger partial charge in [-0.2, -0.15) is 0 Å². The van der Waals surface area contributed by atoms with Gasteiger partial charge in [0.2, 0.25) is 5.89 Å². The molecule has 1 atom stereocenters. The van der Waals surface area contributed by atoms with Gasteiger partial charge in [0.25, 0.3) is 0 Å². The van der Waals surface area contributed by atoms with Crippen LogP contribution in [-0.4, -0.2) is 22.5 Å². The summed E-state index contributed by atoms with van der Waals surface area (Å²) in [6.07, 6.45) is 5.82. The Morgan fingerprint density at radius 3 is 3.08 bits per heavy atom. The number of oxazole rings is 1. The molecule has 0 saturated carbocycles. The fourth-order valence-corrected chi connectivity index (χ4v) is 2.07. The molecule has 0 bridgehead atoms. The van der Waals surface area contributed by atoms with E-state index in [-0.39, 0.29) is 0 Å². The Morgan fingerprint density at radius 1 is 1.62 bits per heavy atom. The van der Waals surface area contributed by atoms with E-state index >= 15 is 0 Å². The molecule has 13 heavy (non-hydrogen) atoms. The number of rotatable bonds is 2. The Bertz CT molecular complexity index is 256. The Morgan fingerprint density at radius 2 is 2.46 bits per heavy atom. The van der Waals surface area contributed by atoms with Crippen molar-refractivity contribution in [1.82, 2.24) is 9.88 Å². The van der Waals surface area contributed by atoms with Crippen LogP contribution in [0.2, 0.25) is 0 Å². The van der Waals surface area contributed by atoms with Crippen molar-refractivity contribution in [2.45, 2.75) is 38.8 Å². The summed E-state index contributed by atoms with van der Waals surface area (Å²) >= 11 is 0. The largest absolute Gasteiger partial charge is 0.447 e. The van der Waals surface area contributed by atoms with Crippen molar-refractivity contribution in [3.63, 3.8) is 0 Å². The molecule has 0 amide bonds. The Labute approximate surface area is 78.8 Å². The van der Waals surface area contributed by atoms with Crippen molar-refractivity contribution in [1.29, 1.82) is 0 Å². The van der Waals surface area contributed by atoms with Gasteiger partial charge in [-0.15, -0.1) is 0 Å². The zero-order valence-electron chi connectivity index (χ0n) is 8.23. The highest BCUT2D eigenvalue weighted by Crippen LogP contribution is 2.32. The predicted octanol–water partition coefficient (Wildman–Crippen LogP) is 2.22. The molecule has 1 aliphatic rings. The maximum absolute atomic E-state index is 5.35. The van der Waals surface area contributed by atoms with Crippen molar-refractivity contribution < 1.29 is 4.42 Å². The number of likely N-dealkylation sites (tertiary alicyclic amines) is 1. The second-order valence-electron chi connectivity index (χ2n) is 3.86. The molecule has 3 heteroatoms. The molecule has 0 aliphatic carbocycles.